The molecule has 0 bridgehead atoms. The van der Waals surface area contributed by atoms with E-state index < -0.39 is 85.8 Å². The highest BCUT2D eigenvalue weighted by molar-refractivity contribution is 7.91. The standard InChI is InChI=1S/C36H48N6O9S2/c1-9-21-18-36(21,31(45)41-53(48,49)23-11-12-23)40-28(43)26-17-22(19-42(26)30(44)27(34(3,4)5)39-33(47)51-35(6,7)8)50-32(46)38-25-16-20(2)10-13-24(25)29-37-14-15-52-29/h9-10,13-16,21-23,26-27H,1,11-12,17-19H2,2-8H3,(H,38,46)(H,39,47)(H,40,43)(H,41,45)/t21?,22-,26+,27-,36?/m1/s1. The molecular formula is C36H48N6O9S2. The number of likely N-dealkylation sites (tertiary alicyclic amines) is 1. The number of carbonyl (C=O) groups is 5. The Morgan fingerprint density at radius 2 is 1.79 bits per heavy atom. The molecule has 2 heterocycles. The molecule has 17 heteroatoms. The summed E-state index contributed by atoms with van der Waals surface area (Å²) in [7, 11) is -3.93. The highest BCUT2D eigenvalue weighted by Crippen LogP contribution is 2.45. The number of nitrogens with zero attached hydrogens (tertiary/aromatic N) is 2. The van der Waals surface area contributed by atoms with Gasteiger partial charge in [0, 0.05) is 29.5 Å². The third kappa shape index (κ3) is 9.36. The predicted molar refractivity (Wildman–Crippen MR) is 198 cm³/mol. The molecule has 15 nitrogen and oxygen atoms in total. The van der Waals surface area contributed by atoms with Crippen LogP contribution < -0.4 is 20.7 Å². The number of sulfonamides is 1. The second kappa shape index (κ2) is 14.7. The van der Waals surface area contributed by atoms with Crippen molar-refractivity contribution in [2.75, 3.05) is 11.9 Å². The van der Waals surface area contributed by atoms with Crippen LogP contribution in [0.25, 0.3) is 10.6 Å². The molecule has 5 amide bonds. The predicted octanol–water partition coefficient (Wildman–Crippen LogP) is 4.25. The molecule has 4 N–H and O–H groups in total. The smallest absolute Gasteiger partial charge is 0.411 e. The number of hydrogen-bond donors (Lipinski definition) is 4. The van der Waals surface area contributed by atoms with Gasteiger partial charge in [0.05, 0.1) is 17.5 Å². The Hall–Kier alpha value is -4.51. The van der Waals surface area contributed by atoms with Gasteiger partial charge in [-0.15, -0.1) is 17.9 Å². The second-order valence-electron chi connectivity index (χ2n) is 15.9. The first-order chi connectivity index (χ1) is 24.6. The van der Waals surface area contributed by atoms with Crippen molar-refractivity contribution in [3.8, 4) is 10.6 Å². The number of anilines is 1. The van der Waals surface area contributed by atoms with Crippen LogP contribution in [-0.2, 0) is 33.9 Å². The van der Waals surface area contributed by atoms with Crippen molar-refractivity contribution in [1.29, 1.82) is 0 Å². The van der Waals surface area contributed by atoms with Gasteiger partial charge in [-0.3, -0.25) is 24.4 Å². The summed E-state index contributed by atoms with van der Waals surface area (Å²) in [6, 6.07) is 3.04. The molecule has 5 atom stereocenters. The third-order valence-electron chi connectivity index (χ3n) is 9.22. The van der Waals surface area contributed by atoms with Crippen LogP contribution in [0.5, 0.6) is 0 Å². The molecule has 0 spiro atoms. The van der Waals surface area contributed by atoms with Gasteiger partial charge < -0.3 is 25.0 Å². The lowest BCUT2D eigenvalue weighted by molar-refractivity contribution is -0.143. The van der Waals surface area contributed by atoms with Crippen LogP contribution in [0.2, 0.25) is 0 Å². The van der Waals surface area contributed by atoms with E-state index in [1.54, 1.807) is 53.8 Å². The zero-order valence-electron chi connectivity index (χ0n) is 31.0. The number of benzene rings is 1. The Morgan fingerprint density at radius 1 is 1.09 bits per heavy atom. The van der Waals surface area contributed by atoms with Crippen molar-refractivity contribution < 1.29 is 41.9 Å². The number of hydrogen-bond acceptors (Lipinski definition) is 11. The van der Waals surface area contributed by atoms with Crippen molar-refractivity contribution in [2.45, 2.75) is 109 Å². The maximum atomic E-state index is 14.4. The number of aryl methyl sites for hydroxylation is 1. The molecule has 2 unspecified atom stereocenters. The summed E-state index contributed by atoms with van der Waals surface area (Å²) >= 11 is 1.40. The summed E-state index contributed by atoms with van der Waals surface area (Å²) in [4.78, 5) is 73.8. The molecule has 2 aliphatic carbocycles. The molecule has 3 aliphatic rings. The van der Waals surface area contributed by atoms with E-state index in [0.717, 1.165) is 5.56 Å². The monoisotopic (exact) mass is 772 g/mol. The van der Waals surface area contributed by atoms with Gasteiger partial charge in [0.1, 0.15) is 34.3 Å². The Kier molecular flexibility index (Phi) is 11.0. The van der Waals surface area contributed by atoms with Gasteiger partial charge in [-0.05, 0) is 70.1 Å². The highest BCUT2D eigenvalue weighted by atomic mass is 32.2. The molecule has 1 aromatic heterocycles. The maximum Gasteiger partial charge on any atom is 0.411 e. The number of thiazole rings is 1. The summed E-state index contributed by atoms with van der Waals surface area (Å²) < 4.78 is 38.7. The summed E-state index contributed by atoms with van der Waals surface area (Å²) in [5.41, 5.74) is -1.33. The zero-order valence-corrected chi connectivity index (χ0v) is 32.6. The molecule has 5 rings (SSSR count). The molecule has 53 heavy (non-hydrogen) atoms. The molecule has 288 valence electrons. The topological polar surface area (TPSA) is 202 Å². The highest BCUT2D eigenvalue weighted by Gasteiger charge is 2.62. The molecule has 2 aromatic rings. The van der Waals surface area contributed by atoms with Crippen molar-refractivity contribution in [1.82, 2.24) is 25.2 Å². The molecule has 3 fully saturated rings. The number of alkyl carbamates (subject to hydrolysis) is 1. The van der Waals surface area contributed by atoms with Crippen LogP contribution in [0.15, 0.2) is 42.4 Å². The molecule has 2 saturated carbocycles. The van der Waals surface area contributed by atoms with Crippen LogP contribution >= 0.6 is 11.3 Å². The summed E-state index contributed by atoms with van der Waals surface area (Å²) in [6.07, 6.45) is 1.26. The van der Waals surface area contributed by atoms with Crippen LogP contribution in [0, 0.1) is 18.3 Å². The van der Waals surface area contributed by atoms with Gasteiger partial charge in [-0.1, -0.05) is 32.9 Å². The number of amides is 5. The van der Waals surface area contributed by atoms with Crippen molar-refractivity contribution in [3.05, 3.63) is 48.0 Å². The van der Waals surface area contributed by atoms with E-state index in [0.29, 0.717) is 29.1 Å². The Morgan fingerprint density at radius 3 is 2.36 bits per heavy atom. The van der Waals surface area contributed by atoms with E-state index in [9.17, 15) is 32.4 Å². The Bertz CT molecular complexity index is 1880. The minimum Gasteiger partial charge on any atom is -0.444 e. The molecule has 1 saturated heterocycles. The van der Waals surface area contributed by atoms with Gasteiger partial charge in [0.15, 0.2) is 0 Å². The fraction of sp³-hybridized carbons (Fsp3) is 0.556. The average Bonchev–Trinajstić information content (AvgIpc) is 3.91. The van der Waals surface area contributed by atoms with E-state index in [1.807, 2.05) is 24.4 Å². The van der Waals surface area contributed by atoms with E-state index >= 15 is 0 Å². The van der Waals surface area contributed by atoms with E-state index in [2.05, 4.69) is 32.2 Å². The van der Waals surface area contributed by atoms with Gasteiger partial charge >= 0.3 is 12.2 Å². The van der Waals surface area contributed by atoms with Gasteiger partial charge in [0.2, 0.25) is 21.8 Å². The molecule has 1 aliphatic heterocycles. The SMILES string of the molecule is C=CC1CC1(NC(=O)[C@@H]1C[C@@H](OC(=O)Nc2cc(C)ccc2-c2nccs2)CN1C(=O)[C@@H](NC(=O)OC(C)(C)C)C(C)(C)C)C(=O)NS(=O)(=O)C1CC1. The van der Waals surface area contributed by atoms with Gasteiger partial charge in [0.25, 0.3) is 5.91 Å². The minimum absolute atomic E-state index is 0.0972. The number of carbonyl (C=O) groups excluding carboxylic acids is 5. The first kappa shape index (κ1) is 39.7. The summed E-state index contributed by atoms with van der Waals surface area (Å²) in [6.45, 7) is 15.6. The summed E-state index contributed by atoms with van der Waals surface area (Å²) in [5, 5.41) is 9.96. The van der Waals surface area contributed by atoms with Crippen molar-refractivity contribution in [2.24, 2.45) is 11.3 Å². The average molecular weight is 773 g/mol. The lowest BCUT2D eigenvalue weighted by Gasteiger charge is -2.36. The van der Waals surface area contributed by atoms with Gasteiger partial charge in [-0.2, -0.15) is 0 Å². The number of aromatic nitrogens is 1. The Balaban J connectivity index is 1.40. The fourth-order valence-electron chi connectivity index (χ4n) is 6.23. The first-order valence-corrected chi connectivity index (χ1v) is 19.8. The van der Waals surface area contributed by atoms with Crippen LogP contribution in [-0.4, -0.2) is 89.3 Å². The molecular weight excluding hydrogens is 725 g/mol. The van der Waals surface area contributed by atoms with E-state index in [4.69, 9.17) is 9.47 Å². The lowest BCUT2D eigenvalue weighted by atomic mass is 9.85. The first-order valence-electron chi connectivity index (χ1n) is 17.4. The number of ether oxygens (including phenoxy) is 2. The van der Waals surface area contributed by atoms with Crippen molar-refractivity contribution >= 4 is 57.0 Å². The van der Waals surface area contributed by atoms with Crippen molar-refractivity contribution in [3.63, 3.8) is 0 Å². The fourth-order valence-corrected chi connectivity index (χ4v) is 8.27. The maximum absolute atomic E-state index is 14.4. The zero-order chi connectivity index (χ0) is 39.1. The molecule has 0 radical (unpaired) electrons. The largest absolute Gasteiger partial charge is 0.444 e. The second-order valence-corrected chi connectivity index (χ2v) is 18.8. The van der Waals surface area contributed by atoms with E-state index in [-0.39, 0.29) is 19.4 Å². The number of rotatable bonds is 11. The van der Waals surface area contributed by atoms with E-state index in [1.165, 1.54) is 22.3 Å². The Labute approximate surface area is 313 Å². The minimum atomic E-state index is -3.93. The summed E-state index contributed by atoms with van der Waals surface area (Å²) in [5.74, 6) is -2.87. The third-order valence-corrected chi connectivity index (χ3v) is 11.8. The van der Waals surface area contributed by atoms with Crippen LogP contribution in [0.3, 0.4) is 0 Å². The lowest BCUT2D eigenvalue weighted by Crippen LogP contribution is -2.60. The quantitative estimate of drug-likeness (QED) is 0.239. The van der Waals surface area contributed by atoms with Gasteiger partial charge in [-0.25, -0.2) is 23.0 Å². The van der Waals surface area contributed by atoms with Crippen LogP contribution in [0.1, 0.15) is 72.8 Å². The molecule has 1 aromatic carbocycles. The number of nitrogens with one attached hydrogen (secondary N) is 4. The van der Waals surface area contributed by atoms with Crippen LogP contribution in [0.4, 0.5) is 15.3 Å². The normalized spacial score (nSPS) is 23.3.